The lowest BCUT2D eigenvalue weighted by atomic mass is 10.1. The molecule has 0 bridgehead atoms. The average Bonchev–Trinajstić information content (AvgIpc) is 2.30. The number of nitrogens with zero attached hydrogens (tertiary/aromatic N) is 1. The van der Waals surface area contributed by atoms with E-state index in [4.69, 9.17) is 27.9 Å². The van der Waals surface area contributed by atoms with E-state index < -0.39 is 11.7 Å². The molecule has 0 aliphatic carbocycles. The molecule has 4 nitrogen and oxygen atoms in total. The van der Waals surface area contributed by atoms with Crippen LogP contribution in [0.5, 0.6) is 0 Å². The second kappa shape index (κ2) is 7.16. The van der Waals surface area contributed by atoms with E-state index in [1.165, 1.54) is 0 Å². The fourth-order valence-corrected chi connectivity index (χ4v) is 1.84. The molecule has 0 fully saturated rings. The molecule has 1 aromatic rings. The third-order valence-corrected chi connectivity index (χ3v) is 2.99. The van der Waals surface area contributed by atoms with Crippen molar-refractivity contribution in [2.24, 2.45) is 0 Å². The molecule has 1 rings (SSSR count). The Balaban J connectivity index is 2.86. The Kier molecular flexibility index (Phi) is 6.11. The van der Waals surface area contributed by atoms with Crippen LogP contribution in [0.1, 0.15) is 26.3 Å². The summed E-state index contributed by atoms with van der Waals surface area (Å²) in [5, 5.41) is 3.34. The van der Waals surface area contributed by atoms with Crippen molar-refractivity contribution in [3.05, 3.63) is 28.8 Å². The van der Waals surface area contributed by atoms with Gasteiger partial charge in [-0.05, 0) is 51.6 Å². The maximum Gasteiger partial charge on any atom is 0.412 e. The van der Waals surface area contributed by atoms with Gasteiger partial charge in [-0.15, -0.1) is 11.6 Å². The standard InChI is InChI=1S/C14H20Cl2N2O2/c1-14(2,3)20-13(19)17-12-6-5-11(16)7-10(12)8-18(4)9-15/h5-7H,8-9H2,1-4H3,(H,17,19). The van der Waals surface area contributed by atoms with Crippen LogP contribution in [0, 0.1) is 0 Å². The predicted molar refractivity (Wildman–Crippen MR) is 83.5 cm³/mol. The zero-order valence-electron chi connectivity index (χ0n) is 12.2. The topological polar surface area (TPSA) is 41.6 Å². The molecule has 0 heterocycles. The molecule has 0 aromatic heterocycles. The van der Waals surface area contributed by atoms with Gasteiger partial charge in [-0.3, -0.25) is 10.2 Å². The number of alkyl halides is 1. The highest BCUT2D eigenvalue weighted by atomic mass is 35.5. The maximum absolute atomic E-state index is 11.8. The number of nitrogens with one attached hydrogen (secondary N) is 1. The van der Waals surface area contributed by atoms with Crippen molar-refractivity contribution in [2.45, 2.75) is 32.9 Å². The zero-order valence-corrected chi connectivity index (χ0v) is 13.7. The van der Waals surface area contributed by atoms with Gasteiger partial charge in [0.15, 0.2) is 0 Å². The number of halogens is 2. The highest BCUT2D eigenvalue weighted by Gasteiger charge is 2.17. The molecule has 6 heteroatoms. The van der Waals surface area contributed by atoms with Gasteiger partial charge in [0, 0.05) is 17.3 Å². The van der Waals surface area contributed by atoms with E-state index in [0.29, 0.717) is 23.3 Å². The van der Waals surface area contributed by atoms with Gasteiger partial charge in [-0.25, -0.2) is 4.79 Å². The van der Waals surface area contributed by atoms with Crippen molar-refractivity contribution >= 4 is 35.0 Å². The summed E-state index contributed by atoms with van der Waals surface area (Å²) >= 11 is 11.8. The monoisotopic (exact) mass is 318 g/mol. The lowest BCUT2D eigenvalue weighted by molar-refractivity contribution is 0.0635. The van der Waals surface area contributed by atoms with Crippen LogP contribution in [0.3, 0.4) is 0 Å². The maximum atomic E-state index is 11.8. The van der Waals surface area contributed by atoms with E-state index in [1.54, 1.807) is 18.2 Å². The third kappa shape index (κ3) is 5.99. The van der Waals surface area contributed by atoms with E-state index in [2.05, 4.69) is 5.32 Å². The second-order valence-electron chi connectivity index (χ2n) is 5.56. The number of hydrogen-bond acceptors (Lipinski definition) is 3. The van der Waals surface area contributed by atoms with Gasteiger partial charge >= 0.3 is 6.09 Å². The summed E-state index contributed by atoms with van der Waals surface area (Å²) in [4.78, 5) is 13.7. The first kappa shape index (κ1) is 17.1. The third-order valence-electron chi connectivity index (χ3n) is 2.35. The number of rotatable bonds is 4. The molecular weight excluding hydrogens is 299 g/mol. The van der Waals surface area contributed by atoms with E-state index in [1.807, 2.05) is 32.7 Å². The molecule has 1 N–H and O–H groups in total. The Labute approximate surface area is 130 Å². The van der Waals surface area contributed by atoms with Crippen molar-refractivity contribution in [2.75, 3.05) is 18.4 Å². The van der Waals surface area contributed by atoms with Gasteiger partial charge in [0.05, 0.1) is 6.00 Å². The van der Waals surface area contributed by atoms with Crippen LogP contribution in [-0.4, -0.2) is 29.6 Å². The summed E-state index contributed by atoms with van der Waals surface area (Å²) in [5.41, 5.74) is 1.01. The minimum atomic E-state index is -0.538. The summed E-state index contributed by atoms with van der Waals surface area (Å²) in [6.45, 7) is 6.03. The Morgan fingerprint density at radius 2 is 2.05 bits per heavy atom. The van der Waals surface area contributed by atoms with E-state index in [0.717, 1.165) is 5.56 Å². The summed E-state index contributed by atoms with van der Waals surface area (Å²) in [5.74, 6) is 0. The number of ether oxygens (including phenoxy) is 1. The van der Waals surface area contributed by atoms with E-state index in [9.17, 15) is 4.79 Å². The van der Waals surface area contributed by atoms with Gasteiger partial charge in [0.1, 0.15) is 5.60 Å². The highest BCUT2D eigenvalue weighted by Crippen LogP contribution is 2.23. The highest BCUT2D eigenvalue weighted by molar-refractivity contribution is 6.30. The fraction of sp³-hybridized carbons (Fsp3) is 0.500. The fourth-order valence-electron chi connectivity index (χ4n) is 1.56. The largest absolute Gasteiger partial charge is 0.444 e. The van der Waals surface area contributed by atoms with Crippen LogP contribution in [0.2, 0.25) is 5.02 Å². The lowest BCUT2D eigenvalue weighted by Gasteiger charge is -2.21. The Morgan fingerprint density at radius 1 is 1.40 bits per heavy atom. The molecule has 0 aliphatic heterocycles. The van der Waals surface area contributed by atoms with Gasteiger partial charge in [0.2, 0.25) is 0 Å². The minimum Gasteiger partial charge on any atom is -0.444 e. The number of amides is 1. The first-order chi connectivity index (χ1) is 9.21. The van der Waals surface area contributed by atoms with Crippen molar-refractivity contribution in [3.8, 4) is 0 Å². The van der Waals surface area contributed by atoms with Crippen LogP contribution < -0.4 is 5.32 Å². The average molecular weight is 319 g/mol. The zero-order chi connectivity index (χ0) is 15.3. The van der Waals surface area contributed by atoms with Gasteiger partial charge in [0.25, 0.3) is 0 Å². The Bertz CT molecular complexity index is 473. The Hall–Kier alpha value is -0.970. The van der Waals surface area contributed by atoms with Crippen molar-refractivity contribution in [1.82, 2.24) is 4.90 Å². The number of benzene rings is 1. The number of carbonyl (C=O) groups is 1. The SMILES string of the molecule is CN(CCl)Cc1cc(Cl)ccc1NC(=O)OC(C)(C)C. The molecule has 0 aliphatic rings. The first-order valence-electron chi connectivity index (χ1n) is 6.24. The Morgan fingerprint density at radius 3 is 2.60 bits per heavy atom. The summed E-state index contributed by atoms with van der Waals surface area (Å²) in [7, 11) is 1.88. The van der Waals surface area contributed by atoms with Gasteiger partial charge in [-0.2, -0.15) is 0 Å². The summed E-state index contributed by atoms with van der Waals surface area (Å²) in [6.07, 6.45) is -0.491. The number of carbonyl (C=O) groups excluding carboxylic acids is 1. The van der Waals surface area contributed by atoms with Crippen LogP contribution in [0.15, 0.2) is 18.2 Å². The summed E-state index contributed by atoms with van der Waals surface area (Å²) < 4.78 is 5.24. The van der Waals surface area contributed by atoms with Crippen LogP contribution in [0.4, 0.5) is 10.5 Å². The van der Waals surface area contributed by atoms with Gasteiger partial charge < -0.3 is 4.74 Å². The number of anilines is 1. The normalized spacial score (nSPS) is 11.6. The van der Waals surface area contributed by atoms with E-state index >= 15 is 0 Å². The molecule has 1 aromatic carbocycles. The van der Waals surface area contributed by atoms with Crippen molar-refractivity contribution in [3.63, 3.8) is 0 Å². The smallest absolute Gasteiger partial charge is 0.412 e. The molecule has 0 unspecified atom stereocenters. The molecule has 112 valence electrons. The first-order valence-corrected chi connectivity index (χ1v) is 7.15. The van der Waals surface area contributed by atoms with Crippen LogP contribution in [0.25, 0.3) is 0 Å². The molecule has 20 heavy (non-hydrogen) atoms. The van der Waals surface area contributed by atoms with Crippen molar-refractivity contribution < 1.29 is 9.53 Å². The molecule has 0 atom stereocenters. The van der Waals surface area contributed by atoms with E-state index in [-0.39, 0.29) is 0 Å². The van der Waals surface area contributed by atoms with Crippen LogP contribution in [-0.2, 0) is 11.3 Å². The molecule has 0 radical (unpaired) electrons. The van der Waals surface area contributed by atoms with Gasteiger partial charge in [-0.1, -0.05) is 11.6 Å². The number of hydrogen-bond donors (Lipinski definition) is 1. The van der Waals surface area contributed by atoms with Crippen molar-refractivity contribution in [1.29, 1.82) is 0 Å². The molecular formula is C14H20Cl2N2O2. The summed E-state index contributed by atoms with van der Waals surface area (Å²) in [6, 6.07) is 5.66. The second-order valence-corrected chi connectivity index (χ2v) is 6.24. The quantitative estimate of drug-likeness (QED) is 0.664. The molecule has 1 amide bonds. The molecule has 0 saturated carbocycles. The lowest BCUT2D eigenvalue weighted by Crippen LogP contribution is -2.28. The minimum absolute atomic E-state index is 0.387. The molecule has 0 saturated heterocycles. The predicted octanol–water partition coefficient (Wildman–Crippen LogP) is 4.32. The molecule has 0 spiro atoms. The van der Waals surface area contributed by atoms with Crippen LogP contribution >= 0.6 is 23.2 Å².